The Morgan fingerprint density at radius 1 is 1.09 bits per heavy atom. The quantitative estimate of drug-likeness (QED) is 0.416. The SMILES string of the molecule is COCC[C@@H](Oc1ncnc2c1cnn2-c1ccccc1OC)C(=O)Nc1ccc(C)cn1. The first kappa shape index (κ1) is 22.2. The number of aromatic nitrogens is 5. The Morgan fingerprint density at radius 2 is 1.94 bits per heavy atom. The number of pyridine rings is 1. The Balaban J connectivity index is 1.63. The minimum Gasteiger partial charge on any atom is -0.494 e. The number of anilines is 1. The Morgan fingerprint density at radius 3 is 2.70 bits per heavy atom. The molecule has 10 heteroatoms. The molecule has 0 radical (unpaired) electrons. The van der Waals surface area contributed by atoms with Crippen LogP contribution >= 0.6 is 0 Å². The first-order chi connectivity index (χ1) is 16.1. The molecule has 4 rings (SSSR count). The van der Waals surface area contributed by atoms with Crippen molar-refractivity contribution in [2.45, 2.75) is 19.4 Å². The lowest BCUT2D eigenvalue weighted by molar-refractivity contribution is -0.123. The second-order valence-corrected chi connectivity index (χ2v) is 7.24. The van der Waals surface area contributed by atoms with Crippen LogP contribution in [0.3, 0.4) is 0 Å². The van der Waals surface area contributed by atoms with Crippen molar-refractivity contribution in [3.63, 3.8) is 0 Å². The fourth-order valence-corrected chi connectivity index (χ4v) is 3.25. The maximum absolute atomic E-state index is 12.9. The topological polar surface area (TPSA) is 113 Å². The molecule has 170 valence electrons. The summed E-state index contributed by atoms with van der Waals surface area (Å²) >= 11 is 0. The number of fused-ring (bicyclic) bond motifs is 1. The van der Waals surface area contributed by atoms with Gasteiger partial charge in [-0.25, -0.2) is 19.6 Å². The molecule has 0 saturated heterocycles. The van der Waals surface area contributed by atoms with Gasteiger partial charge in [0.1, 0.15) is 29.0 Å². The molecule has 0 bridgehead atoms. The zero-order valence-corrected chi connectivity index (χ0v) is 18.6. The minimum atomic E-state index is -0.860. The number of methoxy groups -OCH3 is 2. The minimum absolute atomic E-state index is 0.245. The molecule has 0 fully saturated rings. The van der Waals surface area contributed by atoms with Crippen LogP contribution in [-0.4, -0.2) is 57.6 Å². The van der Waals surface area contributed by atoms with Gasteiger partial charge in [-0.2, -0.15) is 5.10 Å². The van der Waals surface area contributed by atoms with Crippen LogP contribution < -0.4 is 14.8 Å². The molecular weight excluding hydrogens is 424 g/mol. The van der Waals surface area contributed by atoms with Gasteiger partial charge < -0.3 is 19.5 Å². The van der Waals surface area contributed by atoms with E-state index in [0.717, 1.165) is 11.3 Å². The largest absolute Gasteiger partial charge is 0.494 e. The molecular formula is C23H24N6O4. The van der Waals surface area contributed by atoms with Gasteiger partial charge in [0.25, 0.3) is 5.91 Å². The molecule has 0 aliphatic heterocycles. The van der Waals surface area contributed by atoms with Gasteiger partial charge >= 0.3 is 0 Å². The van der Waals surface area contributed by atoms with Crippen LogP contribution in [-0.2, 0) is 9.53 Å². The maximum Gasteiger partial charge on any atom is 0.266 e. The van der Waals surface area contributed by atoms with Gasteiger partial charge in [-0.1, -0.05) is 18.2 Å². The summed E-state index contributed by atoms with van der Waals surface area (Å²) in [4.78, 5) is 25.8. The number of hydrogen-bond acceptors (Lipinski definition) is 8. The van der Waals surface area contributed by atoms with E-state index < -0.39 is 6.10 Å². The van der Waals surface area contributed by atoms with Gasteiger partial charge in [0.05, 0.1) is 19.9 Å². The average molecular weight is 448 g/mol. The molecule has 1 N–H and O–H groups in total. The lowest BCUT2D eigenvalue weighted by Crippen LogP contribution is -2.34. The number of carbonyl (C=O) groups excluding carboxylic acids is 1. The molecule has 0 saturated carbocycles. The van der Waals surface area contributed by atoms with Crippen molar-refractivity contribution >= 4 is 22.8 Å². The summed E-state index contributed by atoms with van der Waals surface area (Å²) in [6, 6.07) is 11.1. The molecule has 1 aromatic carbocycles. The third kappa shape index (κ3) is 4.90. The van der Waals surface area contributed by atoms with Crippen molar-refractivity contribution in [2.24, 2.45) is 0 Å². The Hall–Kier alpha value is -4.05. The van der Waals surface area contributed by atoms with Crippen molar-refractivity contribution in [3.05, 3.63) is 60.7 Å². The van der Waals surface area contributed by atoms with Crippen LogP contribution in [0.2, 0.25) is 0 Å². The van der Waals surface area contributed by atoms with Gasteiger partial charge in [0.15, 0.2) is 11.8 Å². The van der Waals surface area contributed by atoms with Crippen LogP contribution in [0.15, 0.2) is 55.1 Å². The lowest BCUT2D eigenvalue weighted by Gasteiger charge is -2.18. The molecule has 1 atom stereocenters. The predicted molar refractivity (Wildman–Crippen MR) is 122 cm³/mol. The average Bonchev–Trinajstić information content (AvgIpc) is 3.28. The zero-order chi connectivity index (χ0) is 23.2. The lowest BCUT2D eigenvalue weighted by atomic mass is 10.2. The summed E-state index contributed by atoms with van der Waals surface area (Å²) in [7, 11) is 3.16. The Labute approximate surface area is 190 Å². The molecule has 3 aromatic heterocycles. The van der Waals surface area contributed by atoms with Crippen molar-refractivity contribution in [2.75, 3.05) is 26.1 Å². The Bertz CT molecular complexity index is 1240. The van der Waals surface area contributed by atoms with E-state index in [1.54, 1.807) is 37.4 Å². The third-order valence-corrected chi connectivity index (χ3v) is 4.94. The number of ether oxygens (including phenoxy) is 3. The monoisotopic (exact) mass is 448 g/mol. The van der Waals surface area contributed by atoms with Crippen LogP contribution in [0.4, 0.5) is 5.82 Å². The van der Waals surface area contributed by atoms with E-state index in [-0.39, 0.29) is 11.8 Å². The third-order valence-electron chi connectivity index (χ3n) is 4.94. The van der Waals surface area contributed by atoms with Crippen LogP contribution in [0.1, 0.15) is 12.0 Å². The summed E-state index contributed by atoms with van der Waals surface area (Å²) in [6.07, 6.45) is 4.11. The van der Waals surface area contributed by atoms with Gasteiger partial charge in [-0.05, 0) is 30.7 Å². The normalized spacial score (nSPS) is 11.8. The van der Waals surface area contributed by atoms with Gasteiger partial charge in [0.2, 0.25) is 5.88 Å². The summed E-state index contributed by atoms with van der Waals surface area (Å²) in [5, 5.41) is 7.79. The highest BCUT2D eigenvalue weighted by Crippen LogP contribution is 2.28. The van der Waals surface area contributed by atoms with Crippen LogP contribution in [0.5, 0.6) is 11.6 Å². The number of aryl methyl sites for hydroxylation is 1. The van der Waals surface area contributed by atoms with E-state index in [2.05, 4.69) is 25.4 Å². The Kier molecular flexibility index (Phi) is 6.75. The summed E-state index contributed by atoms with van der Waals surface area (Å²) < 4.78 is 18.3. The van der Waals surface area contributed by atoms with Crippen LogP contribution in [0.25, 0.3) is 16.7 Å². The second-order valence-electron chi connectivity index (χ2n) is 7.24. The van der Waals surface area contributed by atoms with Gasteiger partial charge in [0, 0.05) is 19.7 Å². The fourth-order valence-electron chi connectivity index (χ4n) is 3.25. The van der Waals surface area contributed by atoms with Crippen molar-refractivity contribution in [1.29, 1.82) is 0 Å². The predicted octanol–water partition coefficient (Wildman–Crippen LogP) is 2.95. The number of amides is 1. The molecule has 4 aromatic rings. The standard InChI is InChI=1S/C23H24N6O4/c1-15-8-9-20(24-12-15)28-22(30)19(10-11-31-2)33-23-16-13-27-29(21(16)25-14-26-23)17-6-4-5-7-18(17)32-3/h4-9,12-14,19H,10-11H2,1-3H3,(H,24,28,30)/t19-/m1/s1. The van der Waals surface area contributed by atoms with Gasteiger partial charge in [-0.15, -0.1) is 0 Å². The van der Waals surface area contributed by atoms with Crippen LogP contribution in [0, 0.1) is 6.92 Å². The van der Waals surface area contributed by atoms with E-state index in [4.69, 9.17) is 14.2 Å². The maximum atomic E-state index is 12.9. The van der Waals surface area contributed by atoms with E-state index in [1.807, 2.05) is 37.3 Å². The second kappa shape index (κ2) is 10.0. The molecule has 33 heavy (non-hydrogen) atoms. The van der Waals surface area contributed by atoms with Crippen molar-refractivity contribution < 1.29 is 19.0 Å². The number of para-hydroxylation sites is 2. The number of carbonyl (C=O) groups is 1. The van der Waals surface area contributed by atoms with Gasteiger partial charge in [-0.3, -0.25) is 4.79 Å². The van der Waals surface area contributed by atoms with Crippen molar-refractivity contribution in [1.82, 2.24) is 24.7 Å². The molecule has 0 unspecified atom stereocenters. The smallest absolute Gasteiger partial charge is 0.266 e. The number of nitrogens with zero attached hydrogens (tertiary/aromatic N) is 5. The highest BCUT2D eigenvalue weighted by atomic mass is 16.5. The molecule has 3 heterocycles. The molecule has 1 amide bonds. The highest BCUT2D eigenvalue weighted by Gasteiger charge is 2.24. The molecule has 0 spiro atoms. The van der Waals surface area contributed by atoms with E-state index in [1.165, 1.54) is 6.33 Å². The molecule has 0 aliphatic rings. The number of nitrogens with one attached hydrogen (secondary N) is 1. The number of benzene rings is 1. The zero-order valence-electron chi connectivity index (χ0n) is 18.6. The van der Waals surface area contributed by atoms with E-state index >= 15 is 0 Å². The van der Waals surface area contributed by atoms with E-state index in [0.29, 0.717) is 35.6 Å². The summed E-state index contributed by atoms with van der Waals surface area (Å²) in [6.45, 7) is 2.25. The number of rotatable bonds is 9. The first-order valence-electron chi connectivity index (χ1n) is 10.3. The van der Waals surface area contributed by atoms with Crippen molar-refractivity contribution in [3.8, 4) is 17.3 Å². The summed E-state index contributed by atoms with van der Waals surface area (Å²) in [5.74, 6) is 0.974. The summed E-state index contributed by atoms with van der Waals surface area (Å²) in [5.41, 5.74) is 2.24. The highest BCUT2D eigenvalue weighted by molar-refractivity contribution is 5.94. The van der Waals surface area contributed by atoms with E-state index in [9.17, 15) is 4.79 Å². The number of hydrogen-bond donors (Lipinski definition) is 1. The molecule has 10 nitrogen and oxygen atoms in total. The first-order valence-corrected chi connectivity index (χ1v) is 10.3. The molecule has 0 aliphatic carbocycles. The fraction of sp³-hybridized carbons (Fsp3) is 0.261.